The molecule has 84 valence electrons. The van der Waals surface area contributed by atoms with Crippen LogP contribution in [-0.2, 0) is 0 Å². The maximum atomic E-state index is 8.83. The molecule has 0 fully saturated rings. The number of nitriles is 1. The van der Waals surface area contributed by atoms with Gasteiger partial charge in [0.25, 0.3) is 0 Å². The van der Waals surface area contributed by atoms with E-state index in [1.807, 2.05) is 6.07 Å². The highest BCUT2D eigenvalue weighted by atomic mass is 35.5. The fraction of sp³-hybridized carbons (Fsp3) is 0.0833. The van der Waals surface area contributed by atoms with E-state index in [1.165, 1.54) is 12.4 Å². The van der Waals surface area contributed by atoms with Crippen LogP contribution in [0.2, 0.25) is 5.02 Å². The van der Waals surface area contributed by atoms with Crippen LogP contribution in [0.3, 0.4) is 0 Å². The predicted molar refractivity (Wildman–Crippen MR) is 63.0 cm³/mol. The Bertz CT molecular complexity index is 593. The van der Waals surface area contributed by atoms with Crippen molar-refractivity contribution in [2.75, 3.05) is 0 Å². The first-order valence-corrected chi connectivity index (χ1v) is 5.22. The van der Waals surface area contributed by atoms with Crippen molar-refractivity contribution in [1.82, 2.24) is 9.97 Å². The number of nitrogens with zero attached hydrogens (tertiary/aromatic N) is 3. The maximum Gasteiger partial charge on any atom is 0.220 e. The van der Waals surface area contributed by atoms with Crippen molar-refractivity contribution < 1.29 is 4.74 Å². The molecule has 0 aliphatic rings. The lowest BCUT2D eigenvalue weighted by Gasteiger charge is -2.05. The van der Waals surface area contributed by atoms with Crippen LogP contribution in [0, 0.1) is 18.3 Å². The van der Waals surface area contributed by atoms with Crippen LogP contribution in [-0.4, -0.2) is 9.97 Å². The van der Waals surface area contributed by atoms with E-state index in [0.29, 0.717) is 27.9 Å². The van der Waals surface area contributed by atoms with Crippen LogP contribution in [0.25, 0.3) is 0 Å². The average molecular weight is 246 g/mol. The molecule has 0 aliphatic carbocycles. The third-order valence-electron chi connectivity index (χ3n) is 1.96. The average Bonchev–Trinajstić information content (AvgIpc) is 2.28. The Morgan fingerprint density at radius 2 is 2.12 bits per heavy atom. The van der Waals surface area contributed by atoms with Crippen molar-refractivity contribution in [2.45, 2.75) is 6.92 Å². The molecule has 4 nitrogen and oxygen atoms in total. The number of hydrogen-bond acceptors (Lipinski definition) is 4. The molecule has 0 radical (unpaired) electrons. The number of hydrogen-bond donors (Lipinski definition) is 0. The molecule has 0 N–H and O–H groups in total. The highest BCUT2D eigenvalue weighted by molar-refractivity contribution is 6.30. The highest BCUT2D eigenvalue weighted by Crippen LogP contribution is 2.22. The lowest BCUT2D eigenvalue weighted by molar-refractivity contribution is 0.459. The van der Waals surface area contributed by atoms with Gasteiger partial charge in [0.15, 0.2) is 0 Å². The van der Waals surface area contributed by atoms with Crippen LogP contribution in [0.4, 0.5) is 0 Å². The minimum absolute atomic E-state index is 0.352. The quantitative estimate of drug-likeness (QED) is 0.816. The molecule has 2 aromatic heterocycles. The SMILES string of the molecule is Cc1cc(C#N)cc(Oc2cncc(Cl)c2)n1. The van der Waals surface area contributed by atoms with Crippen molar-refractivity contribution >= 4 is 11.6 Å². The van der Waals surface area contributed by atoms with Gasteiger partial charge < -0.3 is 4.74 Å². The third-order valence-corrected chi connectivity index (χ3v) is 2.17. The van der Waals surface area contributed by atoms with E-state index in [4.69, 9.17) is 21.6 Å². The smallest absolute Gasteiger partial charge is 0.220 e. The van der Waals surface area contributed by atoms with Gasteiger partial charge in [0.1, 0.15) is 5.75 Å². The molecule has 0 spiro atoms. The van der Waals surface area contributed by atoms with E-state index in [2.05, 4.69) is 9.97 Å². The van der Waals surface area contributed by atoms with Crippen molar-refractivity contribution in [2.24, 2.45) is 0 Å². The molecular formula is C12H8ClN3O. The summed E-state index contributed by atoms with van der Waals surface area (Å²) in [6, 6.07) is 6.92. The van der Waals surface area contributed by atoms with Crippen LogP contribution in [0.15, 0.2) is 30.6 Å². The second kappa shape index (κ2) is 4.81. The Morgan fingerprint density at radius 1 is 1.29 bits per heavy atom. The van der Waals surface area contributed by atoms with Gasteiger partial charge in [0.2, 0.25) is 5.88 Å². The molecule has 0 saturated carbocycles. The minimum atomic E-state index is 0.352. The largest absolute Gasteiger partial charge is 0.437 e. The summed E-state index contributed by atoms with van der Waals surface area (Å²) in [7, 11) is 0. The summed E-state index contributed by atoms with van der Waals surface area (Å²) in [4.78, 5) is 8.06. The fourth-order valence-corrected chi connectivity index (χ4v) is 1.49. The van der Waals surface area contributed by atoms with E-state index < -0.39 is 0 Å². The zero-order chi connectivity index (χ0) is 12.3. The Kier molecular flexibility index (Phi) is 3.22. The zero-order valence-electron chi connectivity index (χ0n) is 9.01. The fourth-order valence-electron chi connectivity index (χ4n) is 1.32. The van der Waals surface area contributed by atoms with Crippen molar-refractivity contribution in [3.63, 3.8) is 0 Å². The van der Waals surface area contributed by atoms with Gasteiger partial charge in [-0.05, 0) is 13.0 Å². The van der Waals surface area contributed by atoms with Gasteiger partial charge in [-0.15, -0.1) is 0 Å². The summed E-state index contributed by atoms with van der Waals surface area (Å²) >= 11 is 5.79. The van der Waals surface area contributed by atoms with Gasteiger partial charge in [-0.25, -0.2) is 4.98 Å². The first-order valence-electron chi connectivity index (χ1n) is 4.84. The Morgan fingerprint density at radius 3 is 2.82 bits per heavy atom. The molecule has 2 aromatic rings. The van der Waals surface area contributed by atoms with Crippen LogP contribution in [0.5, 0.6) is 11.6 Å². The predicted octanol–water partition coefficient (Wildman–Crippen LogP) is 3.10. The van der Waals surface area contributed by atoms with Crippen LogP contribution in [0.1, 0.15) is 11.3 Å². The summed E-state index contributed by atoms with van der Waals surface area (Å²) in [5.41, 5.74) is 1.22. The molecule has 2 rings (SSSR count). The molecule has 0 bridgehead atoms. The summed E-state index contributed by atoms with van der Waals surface area (Å²) in [5.74, 6) is 0.838. The van der Waals surface area contributed by atoms with E-state index >= 15 is 0 Å². The van der Waals surface area contributed by atoms with Crippen molar-refractivity contribution in [1.29, 1.82) is 5.26 Å². The molecule has 2 heterocycles. The zero-order valence-corrected chi connectivity index (χ0v) is 9.77. The minimum Gasteiger partial charge on any atom is -0.437 e. The van der Waals surface area contributed by atoms with E-state index in [0.717, 1.165) is 0 Å². The number of pyridine rings is 2. The highest BCUT2D eigenvalue weighted by Gasteiger charge is 2.03. The van der Waals surface area contributed by atoms with Gasteiger partial charge in [0, 0.05) is 24.0 Å². The van der Waals surface area contributed by atoms with Gasteiger partial charge in [-0.1, -0.05) is 11.6 Å². The third kappa shape index (κ3) is 2.92. The topological polar surface area (TPSA) is 58.8 Å². The number of aryl methyl sites for hydroxylation is 1. The van der Waals surface area contributed by atoms with Gasteiger partial charge in [-0.3, -0.25) is 4.98 Å². The van der Waals surface area contributed by atoms with Crippen LogP contribution < -0.4 is 4.74 Å². The molecule has 0 unspecified atom stereocenters. The number of halogens is 1. The molecule has 5 heteroatoms. The molecule has 0 aliphatic heterocycles. The molecule has 0 saturated heterocycles. The molecular weight excluding hydrogens is 238 g/mol. The maximum absolute atomic E-state index is 8.83. The molecule has 0 amide bonds. The second-order valence-corrected chi connectivity index (χ2v) is 3.82. The summed E-state index contributed by atoms with van der Waals surface area (Å²) in [6.07, 6.45) is 3.04. The van der Waals surface area contributed by atoms with Gasteiger partial charge >= 0.3 is 0 Å². The number of rotatable bonds is 2. The van der Waals surface area contributed by atoms with Gasteiger partial charge in [-0.2, -0.15) is 5.26 Å². The van der Waals surface area contributed by atoms with Crippen LogP contribution >= 0.6 is 11.6 Å². The van der Waals surface area contributed by atoms with Crippen molar-refractivity contribution in [3.8, 4) is 17.7 Å². The Labute approximate surface area is 103 Å². The first-order chi connectivity index (χ1) is 8.17. The van der Waals surface area contributed by atoms with Gasteiger partial charge in [0.05, 0.1) is 22.9 Å². The summed E-state index contributed by atoms with van der Waals surface area (Å²) < 4.78 is 5.47. The second-order valence-electron chi connectivity index (χ2n) is 3.39. The van der Waals surface area contributed by atoms with E-state index in [-0.39, 0.29) is 0 Å². The Hall–Kier alpha value is -2.12. The lowest BCUT2D eigenvalue weighted by Crippen LogP contribution is -1.92. The monoisotopic (exact) mass is 245 g/mol. The Balaban J connectivity index is 2.30. The molecule has 0 atom stereocenters. The number of aromatic nitrogens is 2. The first kappa shape index (κ1) is 11.4. The summed E-state index contributed by atoms with van der Waals surface area (Å²) in [6.45, 7) is 1.80. The van der Waals surface area contributed by atoms with E-state index in [9.17, 15) is 0 Å². The standard InChI is InChI=1S/C12H8ClN3O/c1-8-2-9(5-14)3-12(16-8)17-11-4-10(13)6-15-7-11/h2-4,6-7H,1H3. The number of ether oxygens (including phenoxy) is 1. The van der Waals surface area contributed by atoms with Crippen molar-refractivity contribution in [3.05, 3.63) is 46.9 Å². The molecule has 17 heavy (non-hydrogen) atoms. The normalized spacial score (nSPS) is 9.71. The molecule has 0 aromatic carbocycles. The lowest BCUT2D eigenvalue weighted by atomic mass is 10.2. The van der Waals surface area contributed by atoms with E-state index in [1.54, 1.807) is 25.1 Å². The summed E-state index contributed by atoms with van der Waals surface area (Å²) in [5, 5.41) is 9.31.